The Morgan fingerprint density at radius 3 is 2.96 bits per heavy atom. The Kier molecular flexibility index (Phi) is 6.30. The lowest BCUT2D eigenvalue weighted by atomic mass is 10.2. The molecule has 128 valence electrons. The standard InChI is InChI=1S/C19H17BrN2O2S/c20-16-7-1-6-15(10-16)19-22-17(13-25-19)11-18(23)24-9-3-5-14-4-2-8-21-12-14/h1-2,4,6-8,10,12-13H,3,5,9,11H2. The van der Waals surface area contributed by atoms with Crippen molar-refractivity contribution in [2.75, 3.05) is 6.61 Å². The molecule has 0 saturated heterocycles. The minimum Gasteiger partial charge on any atom is -0.465 e. The van der Waals surface area contributed by atoms with Crippen LogP contribution in [0, 0.1) is 0 Å². The van der Waals surface area contributed by atoms with Crippen LogP contribution < -0.4 is 0 Å². The maximum absolute atomic E-state index is 11.9. The molecule has 0 N–H and O–H groups in total. The molecule has 1 aromatic carbocycles. The van der Waals surface area contributed by atoms with Gasteiger partial charge < -0.3 is 4.74 Å². The molecule has 6 heteroatoms. The lowest BCUT2D eigenvalue weighted by Crippen LogP contribution is -2.09. The molecule has 0 aliphatic carbocycles. The number of carbonyl (C=O) groups is 1. The SMILES string of the molecule is O=C(Cc1csc(-c2cccc(Br)c2)n1)OCCCc1cccnc1. The summed E-state index contributed by atoms with van der Waals surface area (Å²) in [6.07, 6.45) is 5.43. The van der Waals surface area contributed by atoms with E-state index in [1.165, 1.54) is 11.3 Å². The average molecular weight is 417 g/mol. The summed E-state index contributed by atoms with van der Waals surface area (Å²) in [4.78, 5) is 20.5. The molecule has 0 atom stereocenters. The Morgan fingerprint density at radius 1 is 1.24 bits per heavy atom. The van der Waals surface area contributed by atoms with Gasteiger partial charge in [0.25, 0.3) is 0 Å². The number of ether oxygens (including phenoxy) is 1. The van der Waals surface area contributed by atoms with Crippen molar-refractivity contribution in [3.63, 3.8) is 0 Å². The number of esters is 1. The number of halogens is 1. The fourth-order valence-corrected chi connectivity index (χ4v) is 3.57. The van der Waals surface area contributed by atoms with Gasteiger partial charge in [-0.15, -0.1) is 11.3 Å². The second kappa shape index (κ2) is 8.87. The van der Waals surface area contributed by atoms with Gasteiger partial charge >= 0.3 is 5.97 Å². The minimum atomic E-state index is -0.239. The summed E-state index contributed by atoms with van der Waals surface area (Å²) < 4.78 is 6.31. The lowest BCUT2D eigenvalue weighted by molar-refractivity contribution is -0.142. The maximum atomic E-state index is 11.9. The molecular formula is C19H17BrN2O2S. The number of carbonyl (C=O) groups excluding carboxylic acids is 1. The third-order valence-corrected chi connectivity index (χ3v) is 4.98. The van der Waals surface area contributed by atoms with Crippen molar-refractivity contribution in [3.05, 3.63) is 69.9 Å². The summed E-state index contributed by atoms with van der Waals surface area (Å²) >= 11 is 4.99. The highest BCUT2D eigenvalue weighted by Crippen LogP contribution is 2.26. The third-order valence-electron chi connectivity index (χ3n) is 3.54. The summed E-state index contributed by atoms with van der Waals surface area (Å²) in [5.41, 5.74) is 2.93. The number of hydrogen-bond acceptors (Lipinski definition) is 5. The van der Waals surface area contributed by atoms with Crippen molar-refractivity contribution in [2.45, 2.75) is 19.3 Å². The van der Waals surface area contributed by atoms with E-state index in [9.17, 15) is 4.79 Å². The van der Waals surface area contributed by atoms with Crippen LogP contribution in [0.4, 0.5) is 0 Å². The first-order valence-corrected chi connectivity index (χ1v) is 9.63. The minimum absolute atomic E-state index is 0.206. The zero-order chi connectivity index (χ0) is 17.5. The molecule has 0 radical (unpaired) electrons. The highest BCUT2D eigenvalue weighted by atomic mass is 79.9. The van der Waals surface area contributed by atoms with Crippen molar-refractivity contribution >= 4 is 33.2 Å². The highest BCUT2D eigenvalue weighted by molar-refractivity contribution is 9.10. The van der Waals surface area contributed by atoms with Crippen LogP contribution in [0.25, 0.3) is 10.6 Å². The largest absolute Gasteiger partial charge is 0.465 e. The second-order valence-electron chi connectivity index (χ2n) is 5.52. The molecule has 0 saturated carbocycles. The molecular weight excluding hydrogens is 400 g/mol. The van der Waals surface area contributed by atoms with Gasteiger partial charge in [0.1, 0.15) is 5.01 Å². The van der Waals surface area contributed by atoms with Crippen LogP contribution in [0.2, 0.25) is 0 Å². The van der Waals surface area contributed by atoms with E-state index in [2.05, 4.69) is 25.9 Å². The first-order chi connectivity index (χ1) is 12.2. The first kappa shape index (κ1) is 17.8. The van der Waals surface area contributed by atoms with E-state index in [1.807, 2.05) is 48.0 Å². The molecule has 0 amide bonds. The number of pyridine rings is 1. The summed E-state index contributed by atoms with van der Waals surface area (Å²) in [5, 5.41) is 2.81. The predicted octanol–water partition coefficient (Wildman–Crippen LogP) is 4.69. The highest BCUT2D eigenvalue weighted by Gasteiger charge is 2.10. The topological polar surface area (TPSA) is 52.1 Å². The molecule has 0 aliphatic rings. The van der Waals surface area contributed by atoms with Gasteiger partial charge in [0.05, 0.1) is 18.7 Å². The third kappa shape index (κ3) is 5.47. The summed E-state index contributed by atoms with van der Waals surface area (Å²) in [6.45, 7) is 0.413. The lowest BCUT2D eigenvalue weighted by Gasteiger charge is -2.04. The molecule has 0 unspecified atom stereocenters. The van der Waals surface area contributed by atoms with E-state index in [4.69, 9.17) is 4.74 Å². The fraction of sp³-hybridized carbons (Fsp3) is 0.211. The number of hydrogen-bond donors (Lipinski definition) is 0. The van der Waals surface area contributed by atoms with Gasteiger partial charge in [-0.2, -0.15) is 0 Å². The monoisotopic (exact) mass is 416 g/mol. The summed E-state index contributed by atoms with van der Waals surface area (Å²) in [5.74, 6) is -0.239. The zero-order valence-corrected chi connectivity index (χ0v) is 15.9. The van der Waals surface area contributed by atoms with Crippen LogP contribution in [0.15, 0.2) is 58.6 Å². The second-order valence-corrected chi connectivity index (χ2v) is 7.29. The number of benzene rings is 1. The van der Waals surface area contributed by atoms with Gasteiger partial charge in [-0.05, 0) is 36.6 Å². The van der Waals surface area contributed by atoms with E-state index in [1.54, 1.807) is 6.20 Å². The molecule has 3 aromatic rings. The maximum Gasteiger partial charge on any atom is 0.311 e. The van der Waals surface area contributed by atoms with Gasteiger partial charge in [-0.1, -0.05) is 34.1 Å². The van der Waals surface area contributed by atoms with Gasteiger partial charge in [0.15, 0.2) is 0 Å². The average Bonchev–Trinajstić information content (AvgIpc) is 3.08. The fourth-order valence-electron chi connectivity index (χ4n) is 2.35. The van der Waals surface area contributed by atoms with Crippen molar-refractivity contribution in [2.24, 2.45) is 0 Å². The Morgan fingerprint density at radius 2 is 2.16 bits per heavy atom. The van der Waals surface area contributed by atoms with Gasteiger partial charge in [0, 0.05) is 27.8 Å². The number of thiazole rings is 1. The van der Waals surface area contributed by atoms with Crippen molar-refractivity contribution in [3.8, 4) is 10.6 Å². The summed E-state index contributed by atoms with van der Waals surface area (Å²) in [7, 11) is 0. The number of nitrogens with zero attached hydrogens (tertiary/aromatic N) is 2. The smallest absolute Gasteiger partial charge is 0.311 e. The van der Waals surface area contributed by atoms with Gasteiger partial charge in [-0.25, -0.2) is 4.98 Å². The Hall–Kier alpha value is -2.05. The molecule has 0 spiro atoms. The van der Waals surface area contributed by atoms with E-state index in [-0.39, 0.29) is 12.4 Å². The van der Waals surface area contributed by atoms with Crippen LogP contribution in [-0.4, -0.2) is 22.5 Å². The Labute approximate surface area is 159 Å². The number of aromatic nitrogens is 2. The van der Waals surface area contributed by atoms with Crippen LogP contribution in [-0.2, 0) is 22.4 Å². The van der Waals surface area contributed by atoms with E-state index in [0.717, 1.165) is 39.1 Å². The van der Waals surface area contributed by atoms with Gasteiger partial charge in [-0.3, -0.25) is 9.78 Å². The van der Waals surface area contributed by atoms with Crippen LogP contribution in [0.5, 0.6) is 0 Å². The van der Waals surface area contributed by atoms with Crippen LogP contribution in [0.1, 0.15) is 17.7 Å². The first-order valence-electron chi connectivity index (χ1n) is 7.95. The van der Waals surface area contributed by atoms with Crippen LogP contribution in [0.3, 0.4) is 0 Å². The molecule has 0 fully saturated rings. The van der Waals surface area contributed by atoms with Crippen molar-refractivity contribution in [1.29, 1.82) is 0 Å². The van der Waals surface area contributed by atoms with Crippen molar-refractivity contribution < 1.29 is 9.53 Å². The Bertz CT molecular complexity index is 836. The van der Waals surface area contributed by atoms with E-state index >= 15 is 0 Å². The predicted molar refractivity (Wildman–Crippen MR) is 102 cm³/mol. The van der Waals surface area contributed by atoms with E-state index < -0.39 is 0 Å². The molecule has 3 rings (SSSR count). The number of aryl methyl sites for hydroxylation is 1. The molecule has 2 aromatic heterocycles. The Balaban J connectivity index is 1.45. The zero-order valence-electron chi connectivity index (χ0n) is 13.5. The van der Waals surface area contributed by atoms with Gasteiger partial charge in [0.2, 0.25) is 0 Å². The van der Waals surface area contributed by atoms with E-state index in [0.29, 0.717) is 6.61 Å². The van der Waals surface area contributed by atoms with Crippen LogP contribution >= 0.6 is 27.3 Å². The molecule has 25 heavy (non-hydrogen) atoms. The molecule has 2 heterocycles. The quantitative estimate of drug-likeness (QED) is 0.414. The molecule has 0 bridgehead atoms. The van der Waals surface area contributed by atoms with Crippen molar-refractivity contribution in [1.82, 2.24) is 9.97 Å². The number of rotatable bonds is 7. The summed E-state index contributed by atoms with van der Waals surface area (Å²) in [6, 6.07) is 11.9. The normalized spacial score (nSPS) is 10.6. The molecule has 0 aliphatic heterocycles. The molecule has 4 nitrogen and oxygen atoms in total.